The lowest BCUT2D eigenvalue weighted by atomic mass is 10.1. The Balaban J connectivity index is 0.00000229. The van der Waals surface area contributed by atoms with Gasteiger partial charge in [0.25, 0.3) is 8.53 Å². The van der Waals surface area contributed by atoms with Crippen molar-refractivity contribution in [3.63, 3.8) is 0 Å². The van der Waals surface area contributed by atoms with Crippen molar-refractivity contribution in [2.75, 3.05) is 40.6 Å². The average Bonchev–Trinajstić information content (AvgIpc) is 3.18. The molecule has 0 saturated carbocycles. The maximum absolute atomic E-state index is 12.8. The molecule has 1 aromatic rings. The zero-order chi connectivity index (χ0) is 28.8. The molecule has 2 rings (SSSR count). The van der Waals surface area contributed by atoms with E-state index in [9.17, 15) is 4.79 Å². The molecule has 2 unspecified atom stereocenters. The number of aliphatic hydroxyl groups excluding tert-OH is 1. The zero-order valence-corrected chi connectivity index (χ0v) is 23.6. The van der Waals surface area contributed by atoms with Gasteiger partial charge in [-0.3, -0.25) is 4.57 Å². The summed E-state index contributed by atoms with van der Waals surface area (Å²) in [5.41, 5.74) is 1.03. The first kappa shape index (κ1) is 29.1. The summed E-state index contributed by atoms with van der Waals surface area (Å²) in [5.74, 6) is 0. The summed E-state index contributed by atoms with van der Waals surface area (Å²) in [4.78, 5) is 20.3. The second kappa shape index (κ2) is 16.4. The van der Waals surface area contributed by atoms with Crippen LogP contribution in [0.4, 0.5) is 0 Å². The third kappa shape index (κ3) is 8.82. The van der Waals surface area contributed by atoms with Gasteiger partial charge in [0.15, 0.2) is 6.23 Å². The second-order valence-electron chi connectivity index (χ2n) is 8.68. The van der Waals surface area contributed by atoms with Crippen LogP contribution in [0.3, 0.4) is 0 Å². The molecule has 1 N–H and O–H groups in total. The Morgan fingerprint density at radius 2 is 2.00 bits per heavy atom. The van der Waals surface area contributed by atoms with E-state index >= 15 is 0 Å². The number of ether oxygens (including phenoxy) is 3. The molecular weight excluding hydrogens is 487 g/mol. The fourth-order valence-electron chi connectivity index (χ4n) is 3.73. The first-order valence-corrected chi connectivity index (χ1v) is 13.0. The van der Waals surface area contributed by atoms with Crippen LogP contribution in [0.15, 0.2) is 11.0 Å². The summed E-state index contributed by atoms with van der Waals surface area (Å²) in [6, 6.07) is 0.224. The minimum Gasteiger partial charge on any atom is -0.400 e. The van der Waals surface area contributed by atoms with Crippen LogP contribution >= 0.6 is 8.53 Å². The van der Waals surface area contributed by atoms with Crippen LogP contribution in [0.5, 0.6) is 0 Å². The van der Waals surface area contributed by atoms with E-state index in [1.807, 2.05) is 6.92 Å². The molecule has 1 saturated heterocycles. The molecule has 1 aromatic heterocycles. The number of methoxy groups -OCH3 is 1. The number of aromatic nitrogens is 2. The maximum atomic E-state index is 12.8. The molecule has 0 aliphatic carbocycles. The number of hydrogen-bond donors (Lipinski definition) is 1. The lowest BCUT2D eigenvalue weighted by molar-refractivity contribution is -0.0776. The van der Waals surface area contributed by atoms with Crippen molar-refractivity contribution in [1.82, 2.24) is 14.2 Å². The molecular formula is C24H43N4O7P. The normalized spacial score (nSPS) is 23.3. The summed E-state index contributed by atoms with van der Waals surface area (Å²) >= 11 is 0. The van der Waals surface area contributed by atoms with Gasteiger partial charge in [0.05, 0.1) is 19.3 Å². The first-order valence-electron chi connectivity index (χ1n) is 13.0. The molecule has 1 aliphatic rings. The molecule has 5 atom stereocenters. The molecule has 0 aromatic carbocycles. The summed E-state index contributed by atoms with van der Waals surface area (Å²) in [6.45, 7) is 19.9. The van der Waals surface area contributed by atoms with E-state index in [4.69, 9.17) is 32.6 Å². The Kier molecular flexibility index (Phi) is 13.2. The lowest BCUT2D eigenvalue weighted by Gasteiger charge is -2.37. The molecule has 1 aliphatic heterocycles. The van der Waals surface area contributed by atoms with Crippen LogP contribution in [0.25, 0.3) is 4.85 Å². The van der Waals surface area contributed by atoms with Gasteiger partial charge in [-0.25, -0.2) is 16.0 Å². The predicted molar refractivity (Wildman–Crippen MR) is 139 cm³/mol. The highest BCUT2D eigenvalue weighted by molar-refractivity contribution is 7.44. The first-order chi connectivity index (χ1) is 18.1. The van der Waals surface area contributed by atoms with Crippen molar-refractivity contribution in [1.29, 1.82) is 1.43 Å². The summed E-state index contributed by atoms with van der Waals surface area (Å²) in [5, 5.41) is 3.50. The summed E-state index contributed by atoms with van der Waals surface area (Å²) in [7, 11) is 1.28. The smallest absolute Gasteiger partial charge is 0.349 e. The van der Waals surface area contributed by atoms with Gasteiger partial charge in [0, 0.05) is 39.6 Å². The summed E-state index contributed by atoms with van der Waals surface area (Å²) in [6.07, 6.45) is -1.15. The largest absolute Gasteiger partial charge is 0.400 e. The highest BCUT2D eigenvalue weighted by Gasteiger charge is 2.48. The Morgan fingerprint density at radius 3 is 2.56 bits per heavy atom. The van der Waals surface area contributed by atoms with Gasteiger partial charge < -0.3 is 33.2 Å². The molecule has 2 heterocycles. The maximum Gasteiger partial charge on any atom is 0.349 e. The monoisotopic (exact) mass is 533 g/mol. The third-order valence-corrected chi connectivity index (χ3v) is 7.54. The van der Waals surface area contributed by atoms with Crippen LogP contribution in [-0.4, -0.2) is 91.7 Å². The van der Waals surface area contributed by atoms with Gasteiger partial charge in [-0.2, -0.15) is 4.98 Å². The Hall–Kier alpha value is -1.48. The predicted octanol–water partition coefficient (Wildman–Crippen LogP) is 3.08. The van der Waals surface area contributed by atoms with Crippen LogP contribution in [0.2, 0.25) is 0 Å². The SMILES string of the molecule is [2H]C[C@H]1O[C@@H](n2cc(C)c(C)nc2=O)C(OCCOC)[C@H]1OP(OCC[N+]#[C-])N(C(C)C)C(C)C.[3H]OC. The lowest BCUT2D eigenvalue weighted by Crippen LogP contribution is -2.41. The highest BCUT2D eigenvalue weighted by atomic mass is 31.2. The molecule has 0 spiro atoms. The topological polar surface area (TPSA) is 109 Å². The van der Waals surface area contributed by atoms with Crippen molar-refractivity contribution in [2.45, 2.75) is 85.1 Å². The van der Waals surface area contributed by atoms with Crippen molar-refractivity contribution in [3.8, 4) is 0 Å². The van der Waals surface area contributed by atoms with Gasteiger partial charge in [0.2, 0.25) is 7.98 Å². The Morgan fingerprint density at radius 1 is 1.33 bits per heavy atom. The number of aryl methyl sites for hydroxylation is 2. The third-order valence-electron chi connectivity index (χ3n) is 5.41. The number of rotatable bonds is 13. The fourth-order valence-corrected chi connectivity index (χ4v) is 5.49. The number of nitrogens with zero attached hydrogens (tertiary/aromatic N) is 4. The van der Waals surface area contributed by atoms with Gasteiger partial charge in [-0.15, -0.1) is 0 Å². The van der Waals surface area contributed by atoms with Crippen molar-refractivity contribution < 1.29 is 29.7 Å². The van der Waals surface area contributed by atoms with E-state index in [2.05, 4.69) is 47.3 Å². The molecule has 0 amide bonds. The average molecular weight is 534 g/mol. The van der Waals surface area contributed by atoms with E-state index in [0.717, 1.165) is 5.56 Å². The van der Waals surface area contributed by atoms with Crippen molar-refractivity contribution >= 4 is 8.53 Å². The minimum atomic E-state index is -1.60. The van der Waals surface area contributed by atoms with Gasteiger partial charge in [-0.05, 0) is 54.0 Å². The van der Waals surface area contributed by atoms with E-state index in [1.165, 1.54) is 11.7 Å². The Labute approximate surface area is 219 Å². The van der Waals surface area contributed by atoms with E-state index in [-0.39, 0.29) is 38.7 Å². The van der Waals surface area contributed by atoms with Crippen LogP contribution in [-0.2, 0) is 23.3 Å². The molecule has 36 heavy (non-hydrogen) atoms. The summed E-state index contributed by atoms with van der Waals surface area (Å²) < 4.78 is 47.5. The van der Waals surface area contributed by atoms with Crippen LogP contribution < -0.4 is 5.69 Å². The van der Waals surface area contributed by atoms with Crippen molar-refractivity contribution in [2.24, 2.45) is 0 Å². The molecule has 12 heteroatoms. The molecule has 11 nitrogen and oxygen atoms in total. The highest BCUT2D eigenvalue weighted by Crippen LogP contribution is 2.50. The number of hydrogen-bond acceptors (Lipinski definition) is 9. The molecule has 0 bridgehead atoms. The quantitative estimate of drug-likeness (QED) is 0.232. The van der Waals surface area contributed by atoms with Crippen LogP contribution in [0, 0.1) is 20.4 Å². The van der Waals surface area contributed by atoms with Gasteiger partial charge >= 0.3 is 5.69 Å². The van der Waals surface area contributed by atoms with E-state index < -0.39 is 38.8 Å². The van der Waals surface area contributed by atoms with Crippen molar-refractivity contribution in [3.05, 3.63) is 39.4 Å². The Bertz CT molecular complexity index is 911. The fraction of sp³-hybridized carbons (Fsp3) is 0.792. The molecule has 0 radical (unpaired) electrons. The van der Waals surface area contributed by atoms with Crippen LogP contribution in [0.1, 0.15) is 53.5 Å². The van der Waals surface area contributed by atoms with E-state index in [1.54, 1.807) is 20.2 Å². The molecule has 206 valence electrons. The second-order valence-corrected chi connectivity index (χ2v) is 10.1. The zero-order valence-electron chi connectivity index (χ0n) is 24.7. The van der Waals surface area contributed by atoms with Gasteiger partial charge in [0.1, 0.15) is 18.8 Å². The number of aliphatic hydroxyl groups is 1. The van der Waals surface area contributed by atoms with Gasteiger partial charge in [-0.1, -0.05) is 0 Å². The minimum absolute atomic E-state index is 0.0904. The van der Waals surface area contributed by atoms with E-state index in [0.29, 0.717) is 12.3 Å². The molecule has 1 fully saturated rings. The standard InChI is InChI=1S/C23H39N4O6P.CH4O/c1-15(2)27(16(3)4)34(31-11-10-24-8)33-20-19(7)32-22(21(20)30-13-12-29-9)26-14-17(5)18(6)25-23(26)28;1-2/h14-16,19-22H,10-13H2,1-7,9H3;2H,1H3/t19-,20+,21?,22-,34?;/m1./s1/i7D;2T.